The van der Waals surface area contributed by atoms with Crippen LogP contribution in [0.25, 0.3) is 16.7 Å². The average molecular weight is 282 g/mol. The number of alkyl halides is 3. The number of hydrogen-bond donors (Lipinski definition) is 1. The van der Waals surface area contributed by atoms with Crippen molar-refractivity contribution in [3.8, 4) is 11.6 Å². The third-order valence-electron chi connectivity index (χ3n) is 2.86. The monoisotopic (exact) mass is 282 g/mol. The van der Waals surface area contributed by atoms with Crippen molar-refractivity contribution in [2.24, 2.45) is 0 Å². The van der Waals surface area contributed by atoms with Crippen LogP contribution in [-0.2, 0) is 6.18 Å². The predicted octanol–water partition coefficient (Wildman–Crippen LogP) is 2.78. The van der Waals surface area contributed by atoms with E-state index in [-0.39, 0.29) is 5.82 Å². The maximum absolute atomic E-state index is 12.6. The molecule has 0 atom stereocenters. The summed E-state index contributed by atoms with van der Waals surface area (Å²) in [7, 11) is 1.50. The van der Waals surface area contributed by atoms with Gasteiger partial charge in [-0.15, -0.1) is 0 Å². The van der Waals surface area contributed by atoms with E-state index in [0.717, 1.165) is 16.1 Å². The number of ether oxygens (including phenoxy) is 1. The molecule has 0 fully saturated rings. The fourth-order valence-corrected chi connectivity index (χ4v) is 1.94. The first kappa shape index (κ1) is 12.5. The van der Waals surface area contributed by atoms with E-state index < -0.39 is 11.9 Å². The van der Waals surface area contributed by atoms with Gasteiger partial charge in [-0.3, -0.25) is 0 Å². The number of aromatic amines is 1. The molecule has 0 aromatic carbocycles. The Morgan fingerprint density at radius 2 is 2.10 bits per heavy atom. The summed E-state index contributed by atoms with van der Waals surface area (Å²) in [4.78, 5) is 7.02. The summed E-state index contributed by atoms with van der Waals surface area (Å²) in [5.74, 6) is 0.814. The fraction of sp³-hybridized carbons (Fsp3) is 0.167. The van der Waals surface area contributed by atoms with E-state index >= 15 is 0 Å². The average Bonchev–Trinajstić information content (AvgIpc) is 3.05. The van der Waals surface area contributed by atoms with Gasteiger partial charge < -0.3 is 9.72 Å². The van der Waals surface area contributed by atoms with Crippen molar-refractivity contribution >= 4 is 10.9 Å². The molecule has 8 heteroatoms. The van der Waals surface area contributed by atoms with Crippen molar-refractivity contribution in [1.29, 1.82) is 0 Å². The molecule has 20 heavy (non-hydrogen) atoms. The van der Waals surface area contributed by atoms with Gasteiger partial charge in [0.2, 0.25) is 0 Å². The Bertz CT molecular complexity index is 759. The molecule has 0 aliphatic carbocycles. The Hall–Kier alpha value is -2.51. The number of hydrogen-bond acceptors (Lipinski definition) is 3. The molecule has 0 spiro atoms. The van der Waals surface area contributed by atoms with E-state index in [0.29, 0.717) is 11.3 Å². The predicted molar refractivity (Wildman–Crippen MR) is 64.8 cm³/mol. The number of aromatic nitrogens is 4. The van der Waals surface area contributed by atoms with Crippen LogP contribution >= 0.6 is 0 Å². The van der Waals surface area contributed by atoms with Gasteiger partial charge in [0.25, 0.3) is 0 Å². The zero-order valence-electron chi connectivity index (χ0n) is 10.3. The third-order valence-corrected chi connectivity index (χ3v) is 2.86. The van der Waals surface area contributed by atoms with Gasteiger partial charge in [-0.1, -0.05) is 0 Å². The molecular weight excluding hydrogens is 273 g/mol. The SMILES string of the molecule is COc1cnc(-n2ccc(C(F)(F)F)n2)c2[nH]ccc12. The Labute approximate surface area is 111 Å². The standard InChI is InChI=1S/C12H9F3N4O/c1-20-8-6-17-11(10-7(8)2-4-16-10)19-5-3-9(18-19)12(13,14)15/h2-6,16H,1H3. The van der Waals surface area contributed by atoms with Gasteiger partial charge in [0.15, 0.2) is 11.5 Å². The highest BCUT2D eigenvalue weighted by Gasteiger charge is 2.33. The molecule has 0 bridgehead atoms. The number of pyridine rings is 1. The highest BCUT2D eigenvalue weighted by Crippen LogP contribution is 2.30. The molecule has 104 valence electrons. The molecule has 0 amide bonds. The van der Waals surface area contributed by atoms with Gasteiger partial charge in [-0.25, -0.2) is 9.67 Å². The van der Waals surface area contributed by atoms with Gasteiger partial charge in [0.1, 0.15) is 5.75 Å². The molecule has 3 aromatic rings. The number of methoxy groups -OCH3 is 1. The lowest BCUT2D eigenvalue weighted by atomic mass is 10.3. The van der Waals surface area contributed by atoms with Gasteiger partial charge in [0.05, 0.1) is 18.8 Å². The third kappa shape index (κ3) is 1.89. The maximum Gasteiger partial charge on any atom is 0.435 e. The Kier molecular flexibility index (Phi) is 2.66. The van der Waals surface area contributed by atoms with Crippen LogP contribution < -0.4 is 4.74 Å². The summed E-state index contributed by atoms with van der Waals surface area (Å²) in [6.07, 6.45) is -0.155. The number of fused-ring (bicyclic) bond motifs is 1. The molecule has 0 saturated heterocycles. The number of rotatable bonds is 2. The summed E-state index contributed by atoms with van der Waals surface area (Å²) in [6, 6.07) is 2.66. The molecule has 0 radical (unpaired) electrons. The Morgan fingerprint density at radius 1 is 1.30 bits per heavy atom. The van der Waals surface area contributed by atoms with E-state index in [1.807, 2.05) is 0 Å². The minimum absolute atomic E-state index is 0.279. The first-order chi connectivity index (χ1) is 9.50. The van der Waals surface area contributed by atoms with Crippen LogP contribution in [0.2, 0.25) is 0 Å². The highest BCUT2D eigenvalue weighted by atomic mass is 19.4. The summed E-state index contributed by atoms with van der Waals surface area (Å²) in [5.41, 5.74) is -0.406. The zero-order chi connectivity index (χ0) is 14.3. The number of nitrogens with one attached hydrogen (secondary N) is 1. The van der Waals surface area contributed by atoms with E-state index in [2.05, 4.69) is 15.1 Å². The normalized spacial score (nSPS) is 12.0. The first-order valence-corrected chi connectivity index (χ1v) is 5.64. The van der Waals surface area contributed by atoms with Gasteiger partial charge in [-0.2, -0.15) is 18.3 Å². The van der Waals surface area contributed by atoms with E-state index in [9.17, 15) is 13.2 Å². The second kappa shape index (κ2) is 4.26. The van der Waals surface area contributed by atoms with E-state index in [1.165, 1.54) is 19.5 Å². The van der Waals surface area contributed by atoms with Crippen molar-refractivity contribution in [1.82, 2.24) is 19.7 Å². The molecule has 0 unspecified atom stereocenters. The zero-order valence-corrected chi connectivity index (χ0v) is 10.3. The molecule has 3 rings (SSSR count). The Morgan fingerprint density at radius 3 is 2.75 bits per heavy atom. The largest absolute Gasteiger partial charge is 0.494 e. The van der Waals surface area contributed by atoms with Crippen LogP contribution in [-0.4, -0.2) is 26.9 Å². The summed E-state index contributed by atoms with van der Waals surface area (Å²) in [6.45, 7) is 0. The van der Waals surface area contributed by atoms with Gasteiger partial charge in [0, 0.05) is 17.8 Å². The maximum atomic E-state index is 12.6. The van der Waals surface area contributed by atoms with Crippen molar-refractivity contribution in [2.75, 3.05) is 7.11 Å². The van der Waals surface area contributed by atoms with Crippen LogP contribution in [0.3, 0.4) is 0 Å². The lowest BCUT2D eigenvalue weighted by Gasteiger charge is -2.06. The van der Waals surface area contributed by atoms with Crippen LogP contribution in [0.4, 0.5) is 13.2 Å². The van der Waals surface area contributed by atoms with Crippen LogP contribution in [0.5, 0.6) is 5.75 Å². The highest BCUT2D eigenvalue weighted by molar-refractivity contribution is 5.90. The lowest BCUT2D eigenvalue weighted by Crippen LogP contribution is -2.08. The molecule has 1 N–H and O–H groups in total. The minimum Gasteiger partial charge on any atom is -0.494 e. The molecular formula is C12H9F3N4O. The van der Waals surface area contributed by atoms with Gasteiger partial charge in [-0.05, 0) is 12.1 Å². The molecule has 3 aromatic heterocycles. The number of halogens is 3. The van der Waals surface area contributed by atoms with Crippen molar-refractivity contribution < 1.29 is 17.9 Å². The molecule has 0 saturated carbocycles. The van der Waals surface area contributed by atoms with Crippen LogP contribution in [0.15, 0.2) is 30.7 Å². The minimum atomic E-state index is -4.48. The van der Waals surface area contributed by atoms with E-state index in [1.54, 1.807) is 12.3 Å². The first-order valence-electron chi connectivity index (χ1n) is 5.64. The summed E-state index contributed by atoms with van der Waals surface area (Å²) in [5, 5.41) is 4.23. The van der Waals surface area contributed by atoms with Crippen molar-refractivity contribution in [2.45, 2.75) is 6.18 Å². The van der Waals surface area contributed by atoms with Crippen molar-refractivity contribution in [3.63, 3.8) is 0 Å². The summed E-state index contributed by atoms with van der Waals surface area (Å²) >= 11 is 0. The van der Waals surface area contributed by atoms with Crippen LogP contribution in [0, 0.1) is 0 Å². The summed E-state index contributed by atoms with van der Waals surface area (Å²) < 4.78 is 43.9. The van der Waals surface area contributed by atoms with Crippen LogP contribution in [0.1, 0.15) is 5.69 Å². The molecule has 0 aliphatic rings. The number of nitrogens with zero attached hydrogens (tertiary/aromatic N) is 3. The topological polar surface area (TPSA) is 55.7 Å². The smallest absolute Gasteiger partial charge is 0.435 e. The lowest BCUT2D eigenvalue weighted by molar-refractivity contribution is -0.141. The number of H-pyrrole nitrogens is 1. The van der Waals surface area contributed by atoms with E-state index in [4.69, 9.17) is 4.74 Å². The fourth-order valence-electron chi connectivity index (χ4n) is 1.94. The van der Waals surface area contributed by atoms with Gasteiger partial charge >= 0.3 is 6.18 Å². The quantitative estimate of drug-likeness (QED) is 0.786. The Balaban J connectivity index is 2.15. The second-order valence-electron chi connectivity index (χ2n) is 4.06. The molecule has 3 heterocycles. The second-order valence-corrected chi connectivity index (χ2v) is 4.06. The molecule has 5 nitrogen and oxygen atoms in total. The van der Waals surface area contributed by atoms with Crippen molar-refractivity contribution in [3.05, 3.63) is 36.4 Å². The molecule has 0 aliphatic heterocycles.